The second kappa shape index (κ2) is 12.7. The van der Waals surface area contributed by atoms with Crippen molar-refractivity contribution in [2.45, 2.75) is 53.1 Å². The first-order valence-corrected chi connectivity index (χ1v) is 15.3. The van der Waals surface area contributed by atoms with Gasteiger partial charge in [0, 0.05) is 26.3 Å². The first kappa shape index (κ1) is 32.8. The Labute approximate surface area is 268 Å². The van der Waals surface area contributed by atoms with Crippen LogP contribution in [-0.4, -0.2) is 73.3 Å². The number of benzene rings is 1. The predicted molar refractivity (Wildman–Crippen MR) is 167 cm³/mol. The van der Waals surface area contributed by atoms with Gasteiger partial charge in [-0.25, -0.2) is 9.69 Å². The number of carbonyl (C=O) groups is 4. The number of hydrogen-bond acceptors (Lipinski definition) is 8. The predicted octanol–water partition coefficient (Wildman–Crippen LogP) is 4.23. The van der Waals surface area contributed by atoms with Gasteiger partial charge in [-0.15, -0.1) is 0 Å². The van der Waals surface area contributed by atoms with E-state index in [2.05, 4.69) is 0 Å². The number of carboxylic acid groups (broad SMARTS) is 1. The molecule has 1 aromatic carbocycles. The van der Waals surface area contributed by atoms with Gasteiger partial charge in [-0.1, -0.05) is 0 Å². The Morgan fingerprint density at radius 1 is 0.795 bits per heavy atom. The van der Waals surface area contributed by atoms with Crippen molar-refractivity contribution in [3.63, 3.8) is 0 Å². The standard InChI is InChI=1S/C25H31I3N2O9/c1-12(31)29(7-14-8-36-24(3,4)37-9-14)20-17(26)16(23(34)35)18(27)21(19(20)28)30(13(2)32)22(33)15-10-38-25(5,6)39-11-15/h14-15H,7-11H2,1-6H3,(H,34,35). The fourth-order valence-corrected chi connectivity index (χ4v) is 8.86. The molecule has 14 heteroatoms. The van der Waals surface area contributed by atoms with E-state index in [0.29, 0.717) is 26.0 Å². The molecule has 0 saturated carbocycles. The molecule has 39 heavy (non-hydrogen) atoms. The first-order chi connectivity index (χ1) is 18.0. The van der Waals surface area contributed by atoms with Gasteiger partial charge >= 0.3 is 5.97 Å². The minimum Gasteiger partial charge on any atom is -0.478 e. The van der Waals surface area contributed by atoms with Crippen LogP contribution in [0.5, 0.6) is 0 Å². The van der Waals surface area contributed by atoms with Crippen LogP contribution in [0.15, 0.2) is 0 Å². The van der Waals surface area contributed by atoms with Gasteiger partial charge in [0.2, 0.25) is 17.7 Å². The summed E-state index contributed by atoms with van der Waals surface area (Å²) in [5, 5.41) is 10.2. The Kier molecular flexibility index (Phi) is 10.7. The molecule has 2 aliphatic heterocycles. The molecule has 3 amide bonds. The zero-order valence-electron chi connectivity index (χ0n) is 22.4. The summed E-state index contributed by atoms with van der Waals surface area (Å²) >= 11 is 5.71. The van der Waals surface area contributed by atoms with E-state index in [9.17, 15) is 24.3 Å². The maximum atomic E-state index is 13.7. The minimum absolute atomic E-state index is 0.0311. The summed E-state index contributed by atoms with van der Waals surface area (Å²) in [6, 6.07) is 0. The molecule has 1 aromatic rings. The number of amides is 3. The molecule has 0 unspecified atom stereocenters. The lowest BCUT2D eigenvalue weighted by Crippen LogP contribution is -2.49. The van der Waals surface area contributed by atoms with E-state index in [1.165, 1.54) is 18.7 Å². The van der Waals surface area contributed by atoms with Gasteiger partial charge < -0.3 is 29.0 Å². The molecular formula is C25H31I3N2O9. The Hall–Kier alpha value is -0.670. The average Bonchev–Trinajstić information content (AvgIpc) is 2.81. The quantitative estimate of drug-likeness (QED) is 0.418. The summed E-state index contributed by atoms with van der Waals surface area (Å²) < 4.78 is 23.7. The van der Waals surface area contributed by atoms with Crippen molar-refractivity contribution in [2.24, 2.45) is 11.8 Å². The number of ether oxygens (including phenoxy) is 4. The van der Waals surface area contributed by atoms with Crippen molar-refractivity contribution in [3.05, 3.63) is 16.3 Å². The molecule has 11 nitrogen and oxygen atoms in total. The van der Waals surface area contributed by atoms with Crippen LogP contribution in [0.1, 0.15) is 51.9 Å². The molecule has 2 fully saturated rings. The number of carboxylic acids is 1. The molecule has 2 aliphatic rings. The molecule has 0 radical (unpaired) electrons. The van der Waals surface area contributed by atoms with Crippen molar-refractivity contribution in [2.75, 3.05) is 42.8 Å². The molecule has 0 bridgehead atoms. The van der Waals surface area contributed by atoms with Crippen molar-refractivity contribution in [3.8, 4) is 0 Å². The van der Waals surface area contributed by atoms with Crippen molar-refractivity contribution < 1.29 is 43.2 Å². The highest BCUT2D eigenvalue weighted by atomic mass is 127. The number of aromatic carboxylic acids is 1. The summed E-state index contributed by atoms with van der Waals surface area (Å²) in [5.41, 5.74) is 0.300. The molecule has 3 rings (SSSR count). The second-order valence-electron chi connectivity index (χ2n) is 10.2. The first-order valence-electron chi connectivity index (χ1n) is 12.1. The number of nitrogens with zero attached hydrogens (tertiary/aromatic N) is 2. The largest absolute Gasteiger partial charge is 0.478 e. The third-order valence-electron chi connectivity index (χ3n) is 6.28. The van der Waals surface area contributed by atoms with Crippen LogP contribution in [0.3, 0.4) is 0 Å². The Morgan fingerprint density at radius 3 is 1.69 bits per heavy atom. The van der Waals surface area contributed by atoms with Gasteiger partial charge in [0.15, 0.2) is 11.6 Å². The van der Waals surface area contributed by atoms with Crippen molar-refractivity contribution in [1.29, 1.82) is 0 Å². The molecule has 216 valence electrons. The fourth-order valence-electron chi connectivity index (χ4n) is 4.17. The maximum Gasteiger partial charge on any atom is 0.338 e. The third-order valence-corrected chi connectivity index (χ3v) is 9.40. The molecule has 0 atom stereocenters. The van der Waals surface area contributed by atoms with Crippen LogP contribution in [0, 0.1) is 22.5 Å². The number of halogens is 3. The van der Waals surface area contributed by atoms with Crippen LogP contribution >= 0.6 is 67.8 Å². The number of hydrogen-bond donors (Lipinski definition) is 1. The SMILES string of the molecule is CC(=O)N(CC1COC(C)(C)OC1)c1c(I)c(C(=O)O)c(I)c(N(C(C)=O)C(=O)C2COC(C)(C)OC2)c1I. The molecular weight excluding hydrogens is 853 g/mol. The number of anilines is 2. The molecule has 2 heterocycles. The van der Waals surface area contributed by atoms with E-state index < -0.39 is 35.3 Å². The fraction of sp³-hybridized carbons (Fsp3) is 0.600. The van der Waals surface area contributed by atoms with E-state index in [1.807, 2.05) is 67.8 Å². The summed E-state index contributed by atoms with van der Waals surface area (Å²) in [6.07, 6.45) is 0. The third kappa shape index (κ3) is 7.40. The minimum atomic E-state index is -1.25. The highest BCUT2D eigenvalue weighted by molar-refractivity contribution is 14.1. The Morgan fingerprint density at radius 2 is 1.26 bits per heavy atom. The van der Waals surface area contributed by atoms with E-state index >= 15 is 0 Å². The lowest BCUT2D eigenvalue weighted by Gasteiger charge is -2.38. The van der Waals surface area contributed by atoms with Gasteiger partial charge in [-0.05, 0) is 95.5 Å². The van der Waals surface area contributed by atoms with Gasteiger partial charge in [-0.3, -0.25) is 14.4 Å². The van der Waals surface area contributed by atoms with Crippen molar-refractivity contribution >= 4 is 103 Å². The van der Waals surface area contributed by atoms with Gasteiger partial charge in [0.1, 0.15) is 0 Å². The van der Waals surface area contributed by atoms with E-state index in [0.717, 1.165) is 4.90 Å². The lowest BCUT2D eigenvalue weighted by atomic mass is 10.1. The second-order valence-corrected chi connectivity index (χ2v) is 13.5. The van der Waals surface area contributed by atoms with Gasteiger partial charge in [0.25, 0.3) is 0 Å². The van der Waals surface area contributed by atoms with Gasteiger partial charge in [0.05, 0.1) is 60.0 Å². The van der Waals surface area contributed by atoms with E-state index in [4.69, 9.17) is 18.9 Å². The Bertz CT molecular complexity index is 1170. The van der Waals surface area contributed by atoms with E-state index in [1.54, 1.807) is 27.7 Å². The summed E-state index contributed by atoms with van der Waals surface area (Å²) in [6.45, 7) is 10.6. The van der Waals surface area contributed by atoms with Crippen LogP contribution < -0.4 is 9.80 Å². The summed E-state index contributed by atoms with van der Waals surface area (Å²) in [7, 11) is 0. The zero-order chi connectivity index (χ0) is 29.4. The van der Waals surface area contributed by atoms with E-state index in [-0.39, 0.29) is 46.4 Å². The monoisotopic (exact) mass is 884 g/mol. The normalized spacial score (nSPS) is 19.4. The van der Waals surface area contributed by atoms with Crippen molar-refractivity contribution in [1.82, 2.24) is 0 Å². The number of carbonyl (C=O) groups excluding carboxylic acids is 3. The highest BCUT2D eigenvalue weighted by Gasteiger charge is 2.40. The molecule has 2 saturated heterocycles. The zero-order valence-corrected chi connectivity index (χ0v) is 28.9. The number of rotatable bonds is 6. The van der Waals surface area contributed by atoms with Crippen LogP contribution in [0.25, 0.3) is 0 Å². The van der Waals surface area contributed by atoms with Crippen LogP contribution in [0.2, 0.25) is 0 Å². The topological polar surface area (TPSA) is 132 Å². The number of imide groups is 1. The summed E-state index contributed by atoms with van der Waals surface area (Å²) in [5.74, 6) is -5.34. The lowest BCUT2D eigenvalue weighted by molar-refractivity contribution is -0.260. The molecule has 0 aromatic heterocycles. The maximum absolute atomic E-state index is 13.7. The smallest absolute Gasteiger partial charge is 0.338 e. The van der Waals surface area contributed by atoms with Crippen LogP contribution in [-0.2, 0) is 33.3 Å². The van der Waals surface area contributed by atoms with Gasteiger partial charge in [-0.2, -0.15) is 0 Å². The molecule has 0 aliphatic carbocycles. The molecule has 0 spiro atoms. The van der Waals surface area contributed by atoms with Crippen LogP contribution in [0.4, 0.5) is 11.4 Å². The highest BCUT2D eigenvalue weighted by Crippen LogP contribution is 2.43. The molecule has 1 N–H and O–H groups in total. The summed E-state index contributed by atoms with van der Waals surface area (Å²) in [4.78, 5) is 54.5. The average molecular weight is 884 g/mol. The Balaban J connectivity index is 2.14.